The number of benzene rings is 3. The zero-order valence-electron chi connectivity index (χ0n) is 17.2. The summed E-state index contributed by atoms with van der Waals surface area (Å²) >= 11 is 0. The van der Waals surface area contributed by atoms with Crippen molar-refractivity contribution < 1.29 is 14.3 Å². The quantitative estimate of drug-likeness (QED) is 0.491. The first-order valence-electron chi connectivity index (χ1n) is 9.49. The van der Waals surface area contributed by atoms with Crippen LogP contribution in [0.5, 0.6) is 11.5 Å². The van der Waals surface area contributed by atoms with Crippen molar-refractivity contribution in [3.63, 3.8) is 0 Å². The summed E-state index contributed by atoms with van der Waals surface area (Å²) in [6.45, 7) is 6.34. The molecule has 0 fully saturated rings. The lowest BCUT2D eigenvalue weighted by molar-refractivity contribution is -0.123. The van der Waals surface area contributed by atoms with Gasteiger partial charge in [-0.05, 0) is 39.9 Å². The van der Waals surface area contributed by atoms with Crippen LogP contribution in [-0.4, -0.2) is 25.8 Å². The third-order valence-electron chi connectivity index (χ3n) is 4.62. The highest BCUT2D eigenvalue weighted by atomic mass is 16.5. The Bertz CT molecular complexity index is 1020. The number of rotatable bonds is 6. The first kappa shape index (κ1) is 20.4. The molecule has 3 rings (SSSR count). The standard InChI is InChI=1S/C24H26N2O3/c1-24(2,3)18-10-12-19(13-11-18)29-16-23(27)26-25-15-21-20-8-6-5-7-17(20)9-14-22(21)28-4/h5-15H,16H2,1-4H3,(H,26,27). The Balaban J connectivity index is 1.61. The van der Waals surface area contributed by atoms with Crippen molar-refractivity contribution in [2.75, 3.05) is 13.7 Å². The van der Waals surface area contributed by atoms with Crippen LogP contribution in [0.2, 0.25) is 0 Å². The van der Waals surface area contributed by atoms with Gasteiger partial charge in [0.15, 0.2) is 6.61 Å². The van der Waals surface area contributed by atoms with E-state index in [1.54, 1.807) is 13.3 Å². The minimum atomic E-state index is -0.333. The van der Waals surface area contributed by atoms with Crippen molar-refractivity contribution in [1.82, 2.24) is 5.43 Å². The van der Waals surface area contributed by atoms with E-state index in [0.717, 1.165) is 16.3 Å². The summed E-state index contributed by atoms with van der Waals surface area (Å²) in [4.78, 5) is 12.1. The van der Waals surface area contributed by atoms with Gasteiger partial charge in [-0.3, -0.25) is 4.79 Å². The summed E-state index contributed by atoms with van der Waals surface area (Å²) < 4.78 is 11.0. The normalized spacial score (nSPS) is 11.6. The maximum atomic E-state index is 12.1. The van der Waals surface area contributed by atoms with Crippen molar-refractivity contribution in [2.45, 2.75) is 26.2 Å². The fourth-order valence-corrected chi connectivity index (χ4v) is 2.99. The van der Waals surface area contributed by atoms with E-state index in [1.807, 2.05) is 60.7 Å². The highest BCUT2D eigenvalue weighted by Crippen LogP contribution is 2.26. The summed E-state index contributed by atoms with van der Waals surface area (Å²) in [5, 5.41) is 6.15. The molecule has 0 aliphatic heterocycles. The Morgan fingerprint density at radius 3 is 2.45 bits per heavy atom. The number of hydrazone groups is 1. The number of carbonyl (C=O) groups excluding carboxylic acids is 1. The van der Waals surface area contributed by atoms with E-state index in [1.165, 1.54) is 5.56 Å². The van der Waals surface area contributed by atoms with E-state index in [-0.39, 0.29) is 17.9 Å². The van der Waals surface area contributed by atoms with Gasteiger partial charge in [0.1, 0.15) is 11.5 Å². The topological polar surface area (TPSA) is 59.9 Å². The number of nitrogens with one attached hydrogen (secondary N) is 1. The number of hydrogen-bond donors (Lipinski definition) is 1. The second-order valence-electron chi connectivity index (χ2n) is 7.76. The monoisotopic (exact) mass is 390 g/mol. The molecule has 150 valence electrons. The smallest absolute Gasteiger partial charge is 0.277 e. The minimum absolute atomic E-state index is 0.0767. The number of ether oxygens (including phenoxy) is 2. The lowest BCUT2D eigenvalue weighted by atomic mass is 9.87. The SMILES string of the molecule is COc1ccc2ccccc2c1C=NNC(=O)COc1ccc(C(C)(C)C)cc1. The van der Waals surface area contributed by atoms with Gasteiger partial charge in [0.25, 0.3) is 5.91 Å². The van der Waals surface area contributed by atoms with Gasteiger partial charge in [-0.15, -0.1) is 0 Å². The third-order valence-corrected chi connectivity index (χ3v) is 4.62. The van der Waals surface area contributed by atoms with Crippen LogP contribution in [0.3, 0.4) is 0 Å². The molecule has 0 aliphatic carbocycles. The summed E-state index contributed by atoms with van der Waals surface area (Å²) in [5.41, 5.74) is 4.60. The molecular weight excluding hydrogens is 364 g/mol. The summed E-state index contributed by atoms with van der Waals surface area (Å²) in [6, 6.07) is 19.6. The van der Waals surface area contributed by atoms with Gasteiger partial charge >= 0.3 is 0 Å². The van der Waals surface area contributed by atoms with Crippen molar-refractivity contribution in [3.05, 3.63) is 71.8 Å². The molecule has 29 heavy (non-hydrogen) atoms. The first-order valence-corrected chi connectivity index (χ1v) is 9.49. The Kier molecular flexibility index (Phi) is 6.17. The fourth-order valence-electron chi connectivity index (χ4n) is 2.99. The largest absolute Gasteiger partial charge is 0.496 e. The Morgan fingerprint density at radius 1 is 1.03 bits per heavy atom. The van der Waals surface area contributed by atoms with E-state index < -0.39 is 0 Å². The number of carbonyl (C=O) groups is 1. The van der Waals surface area contributed by atoms with Gasteiger partial charge < -0.3 is 9.47 Å². The predicted molar refractivity (Wildman–Crippen MR) is 117 cm³/mol. The average molecular weight is 390 g/mol. The second-order valence-corrected chi connectivity index (χ2v) is 7.76. The van der Waals surface area contributed by atoms with E-state index >= 15 is 0 Å². The zero-order valence-corrected chi connectivity index (χ0v) is 17.2. The summed E-state index contributed by atoms with van der Waals surface area (Å²) in [6.07, 6.45) is 1.59. The lowest BCUT2D eigenvalue weighted by Gasteiger charge is -2.19. The molecule has 1 N–H and O–H groups in total. The molecule has 0 atom stereocenters. The molecule has 0 unspecified atom stereocenters. The van der Waals surface area contributed by atoms with Gasteiger partial charge in [-0.25, -0.2) is 5.43 Å². The molecule has 0 saturated heterocycles. The van der Waals surface area contributed by atoms with Crippen LogP contribution < -0.4 is 14.9 Å². The third kappa shape index (κ3) is 5.13. The highest BCUT2D eigenvalue weighted by Gasteiger charge is 2.13. The lowest BCUT2D eigenvalue weighted by Crippen LogP contribution is -2.24. The van der Waals surface area contributed by atoms with E-state index in [0.29, 0.717) is 11.5 Å². The second kappa shape index (κ2) is 8.78. The molecule has 0 saturated carbocycles. The van der Waals surface area contributed by atoms with E-state index in [9.17, 15) is 4.79 Å². The van der Waals surface area contributed by atoms with E-state index in [4.69, 9.17) is 9.47 Å². The van der Waals surface area contributed by atoms with Gasteiger partial charge in [-0.1, -0.05) is 63.2 Å². The highest BCUT2D eigenvalue weighted by molar-refractivity contribution is 6.02. The molecule has 3 aromatic carbocycles. The van der Waals surface area contributed by atoms with Gasteiger partial charge in [-0.2, -0.15) is 5.10 Å². The molecule has 0 heterocycles. The molecule has 0 bridgehead atoms. The van der Waals surface area contributed by atoms with Crippen molar-refractivity contribution in [3.8, 4) is 11.5 Å². The Hall–Kier alpha value is -3.34. The molecule has 0 aliphatic rings. The van der Waals surface area contributed by atoms with Crippen LogP contribution in [0, 0.1) is 0 Å². The number of methoxy groups -OCH3 is 1. The van der Waals surface area contributed by atoms with Gasteiger partial charge in [0.2, 0.25) is 0 Å². The van der Waals surface area contributed by atoms with Crippen LogP contribution in [-0.2, 0) is 10.2 Å². The van der Waals surface area contributed by atoms with Gasteiger partial charge in [0.05, 0.1) is 13.3 Å². The maximum absolute atomic E-state index is 12.1. The molecule has 0 aromatic heterocycles. The average Bonchev–Trinajstić information content (AvgIpc) is 2.72. The molecule has 3 aromatic rings. The molecular formula is C24H26N2O3. The van der Waals surface area contributed by atoms with Crippen molar-refractivity contribution in [1.29, 1.82) is 0 Å². The van der Waals surface area contributed by atoms with Crippen LogP contribution >= 0.6 is 0 Å². The van der Waals surface area contributed by atoms with Crippen LogP contribution in [0.25, 0.3) is 10.8 Å². The minimum Gasteiger partial charge on any atom is -0.496 e. The molecule has 5 nitrogen and oxygen atoms in total. The van der Waals surface area contributed by atoms with Crippen LogP contribution in [0.4, 0.5) is 0 Å². The van der Waals surface area contributed by atoms with Crippen molar-refractivity contribution in [2.24, 2.45) is 5.10 Å². The predicted octanol–water partition coefficient (Wildman–Crippen LogP) is 4.68. The molecule has 5 heteroatoms. The maximum Gasteiger partial charge on any atom is 0.277 e. The molecule has 1 amide bonds. The Morgan fingerprint density at radius 2 is 1.76 bits per heavy atom. The number of fused-ring (bicyclic) bond motifs is 1. The fraction of sp³-hybridized carbons (Fsp3) is 0.250. The molecule has 0 radical (unpaired) electrons. The summed E-state index contributed by atoms with van der Waals surface area (Å²) in [5.74, 6) is 1.00. The summed E-state index contributed by atoms with van der Waals surface area (Å²) in [7, 11) is 1.61. The van der Waals surface area contributed by atoms with Crippen molar-refractivity contribution >= 4 is 22.9 Å². The van der Waals surface area contributed by atoms with Gasteiger partial charge in [0, 0.05) is 5.56 Å². The Labute approximate surface area is 171 Å². The number of amides is 1. The zero-order chi connectivity index (χ0) is 20.9. The van der Waals surface area contributed by atoms with Crippen LogP contribution in [0.1, 0.15) is 31.9 Å². The first-order chi connectivity index (χ1) is 13.9. The molecule has 0 spiro atoms. The number of hydrogen-bond acceptors (Lipinski definition) is 4. The van der Waals surface area contributed by atoms with E-state index in [2.05, 4.69) is 31.3 Å². The number of nitrogens with zero attached hydrogens (tertiary/aromatic N) is 1. The van der Waals surface area contributed by atoms with Crippen LogP contribution in [0.15, 0.2) is 65.8 Å².